The fraction of sp³-hybridized carbons (Fsp3) is 0.900. The van der Waals surface area contributed by atoms with Crippen LogP contribution >= 0.6 is 12.6 Å². The molecule has 1 amide bonds. The van der Waals surface area contributed by atoms with E-state index in [0.29, 0.717) is 18.2 Å². The van der Waals surface area contributed by atoms with E-state index in [-0.39, 0.29) is 0 Å². The van der Waals surface area contributed by atoms with Crippen molar-refractivity contribution in [1.29, 1.82) is 0 Å². The summed E-state index contributed by atoms with van der Waals surface area (Å²) in [7, 11) is 0. The highest BCUT2D eigenvalue weighted by Gasteiger charge is 2.18. The third-order valence-electron chi connectivity index (χ3n) is 2.31. The van der Waals surface area contributed by atoms with Crippen molar-refractivity contribution < 1.29 is 4.79 Å². The van der Waals surface area contributed by atoms with E-state index >= 15 is 0 Å². The molecule has 1 heterocycles. The lowest BCUT2D eigenvalue weighted by Crippen LogP contribution is -2.38. The van der Waals surface area contributed by atoms with Crippen molar-refractivity contribution in [2.75, 3.05) is 19.3 Å². The second kappa shape index (κ2) is 7.25. The molecule has 0 aromatic rings. The number of carbonyl (C=O) groups is 1. The van der Waals surface area contributed by atoms with Crippen LogP contribution in [0.4, 0.5) is 0 Å². The Morgan fingerprint density at radius 2 is 2.15 bits per heavy atom. The Kier molecular flexibility index (Phi) is 7.14. The van der Waals surface area contributed by atoms with Gasteiger partial charge in [0.15, 0.2) is 0 Å². The standard InChI is InChI=1S/C9H17NO.CH4S/c1-3-9(11)10-6-4-5-8(2)7-10;1-2/h8H,3-7H2,1-2H3;2H,1H3. The third-order valence-corrected chi connectivity index (χ3v) is 2.31. The van der Waals surface area contributed by atoms with Gasteiger partial charge in [-0.1, -0.05) is 13.8 Å². The molecule has 0 aromatic carbocycles. The second-order valence-corrected chi connectivity index (χ2v) is 3.44. The Morgan fingerprint density at radius 3 is 2.62 bits per heavy atom. The molecule has 1 atom stereocenters. The molecule has 0 bridgehead atoms. The molecule has 0 aromatic heterocycles. The van der Waals surface area contributed by atoms with Gasteiger partial charge in [-0.3, -0.25) is 4.79 Å². The number of nitrogens with zero attached hydrogens (tertiary/aromatic N) is 1. The summed E-state index contributed by atoms with van der Waals surface area (Å²) >= 11 is 3.53. The summed E-state index contributed by atoms with van der Waals surface area (Å²) in [6.45, 7) is 6.11. The molecule has 1 rings (SSSR count). The van der Waals surface area contributed by atoms with Gasteiger partial charge >= 0.3 is 0 Å². The van der Waals surface area contributed by atoms with Gasteiger partial charge in [-0.15, -0.1) is 0 Å². The van der Waals surface area contributed by atoms with Crippen molar-refractivity contribution in [2.24, 2.45) is 5.92 Å². The van der Waals surface area contributed by atoms with E-state index in [1.54, 1.807) is 6.26 Å². The molecule has 1 aliphatic rings. The summed E-state index contributed by atoms with van der Waals surface area (Å²) in [5.41, 5.74) is 0. The zero-order valence-corrected chi connectivity index (χ0v) is 9.81. The molecule has 0 aliphatic carbocycles. The zero-order valence-electron chi connectivity index (χ0n) is 8.92. The molecule has 3 heteroatoms. The first-order valence-corrected chi connectivity index (χ1v) is 5.86. The summed E-state index contributed by atoms with van der Waals surface area (Å²) in [6.07, 6.45) is 4.83. The van der Waals surface area contributed by atoms with E-state index in [2.05, 4.69) is 19.6 Å². The lowest BCUT2D eigenvalue weighted by atomic mass is 10.0. The molecule has 78 valence electrons. The number of amides is 1. The van der Waals surface area contributed by atoms with Crippen LogP contribution < -0.4 is 0 Å². The van der Waals surface area contributed by atoms with Gasteiger partial charge in [-0.05, 0) is 25.0 Å². The predicted molar refractivity (Wildman–Crippen MR) is 60.2 cm³/mol. The van der Waals surface area contributed by atoms with E-state index < -0.39 is 0 Å². The van der Waals surface area contributed by atoms with Gasteiger partial charge in [0.05, 0.1) is 0 Å². The van der Waals surface area contributed by atoms with Gasteiger partial charge in [-0.25, -0.2) is 0 Å². The maximum Gasteiger partial charge on any atom is 0.222 e. The zero-order chi connectivity index (χ0) is 10.3. The summed E-state index contributed by atoms with van der Waals surface area (Å²) < 4.78 is 0. The molecule has 1 saturated heterocycles. The average molecular weight is 203 g/mol. The Bertz CT molecular complexity index is 150. The highest BCUT2D eigenvalue weighted by molar-refractivity contribution is 7.79. The molecule has 1 unspecified atom stereocenters. The second-order valence-electron chi connectivity index (χ2n) is 3.44. The highest BCUT2D eigenvalue weighted by Crippen LogP contribution is 2.15. The molecular weight excluding hydrogens is 182 g/mol. The number of hydrogen-bond acceptors (Lipinski definition) is 2. The maximum absolute atomic E-state index is 11.2. The van der Waals surface area contributed by atoms with E-state index in [1.807, 2.05) is 11.8 Å². The minimum absolute atomic E-state index is 0.316. The summed E-state index contributed by atoms with van der Waals surface area (Å²) in [4.78, 5) is 13.2. The van der Waals surface area contributed by atoms with Crippen LogP contribution in [0.15, 0.2) is 0 Å². The Balaban J connectivity index is 0.000000671. The average Bonchev–Trinajstić information content (AvgIpc) is 2.20. The van der Waals surface area contributed by atoms with Gasteiger partial charge in [0, 0.05) is 19.5 Å². The first-order valence-electron chi connectivity index (χ1n) is 4.96. The fourth-order valence-electron chi connectivity index (χ4n) is 1.64. The molecule has 0 radical (unpaired) electrons. The Morgan fingerprint density at radius 1 is 1.54 bits per heavy atom. The third kappa shape index (κ3) is 4.55. The van der Waals surface area contributed by atoms with Gasteiger partial charge in [0.25, 0.3) is 0 Å². The lowest BCUT2D eigenvalue weighted by Gasteiger charge is -2.30. The topological polar surface area (TPSA) is 20.3 Å². The number of piperidine rings is 1. The first-order chi connectivity index (χ1) is 6.24. The molecule has 13 heavy (non-hydrogen) atoms. The van der Waals surface area contributed by atoms with Gasteiger partial charge in [0.2, 0.25) is 5.91 Å². The summed E-state index contributed by atoms with van der Waals surface area (Å²) in [6, 6.07) is 0. The van der Waals surface area contributed by atoms with E-state index in [0.717, 1.165) is 13.1 Å². The maximum atomic E-state index is 11.2. The van der Waals surface area contributed by atoms with Crippen LogP contribution in [0.3, 0.4) is 0 Å². The molecule has 0 saturated carbocycles. The quantitative estimate of drug-likeness (QED) is 0.648. The van der Waals surface area contributed by atoms with Crippen molar-refractivity contribution in [2.45, 2.75) is 33.1 Å². The smallest absolute Gasteiger partial charge is 0.222 e. The van der Waals surface area contributed by atoms with E-state index in [4.69, 9.17) is 0 Å². The minimum atomic E-state index is 0.316. The summed E-state index contributed by atoms with van der Waals surface area (Å²) in [5.74, 6) is 1.02. The number of rotatable bonds is 1. The number of thiol groups is 1. The van der Waals surface area contributed by atoms with Crippen LogP contribution in [0.1, 0.15) is 33.1 Å². The SMILES string of the molecule is CCC(=O)N1CCCC(C)C1.CS. The largest absolute Gasteiger partial charge is 0.342 e. The van der Waals surface area contributed by atoms with Crippen LogP contribution in [0.2, 0.25) is 0 Å². The van der Waals surface area contributed by atoms with Crippen molar-refractivity contribution in [1.82, 2.24) is 4.90 Å². The van der Waals surface area contributed by atoms with Crippen LogP contribution in [0.25, 0.3) is 0 Å². The molecule has 1 fully saturated rings. The highest BCUT2D eigenvalue weighted by atomic mass is 32.1. The first kappa shape index (κ1) is 12.8. The van der Waals surface area contributed by atoms with E-state index in [1.165, 1.54) is 12.8 Å². The van der Waals surface area contributed by atoms with Crippen molar-refractivity contribution >= 4 is 18.5 Å². The van der Waals surface area contributed by atoms with Crippen LogP contribution in [0, 0.1) is 5.92 Å². The molecule has 1 aliphatic heterocycles. The Hall–Kier alpha value is -0.180. The predicted octanol–water partition coefficient (Wildman–Crippen LogP) is 2.20. The van der Waals surface area contributed by atoms with Crippen LogP contribution in [-0.4, -0.2) is 30.2 Å². The number of hydrogen-bond donors (Lipinski definition) is 1. The van der Waals surface area contributed by atoms with Crippen molar-refractivity contribution in [3.63, 3.8) is 0 Å². The van der Waals surface area contributed by atoms with E-state index in [9.17, 15) is 4.79 Å². The van der Waals surface area contributed by atoms with Crippen LogP contribution in [-0.2, 0) is 4.79 Å². The fourth-order valence-corrected chi connectivity index (χ4v) is 1.64. The molecule has 2 nitrogen and oxygen atoms in total. The molecule has 0 N–H and O–H groups in total. The lowest BCUT2D eigenvalue weighted by molar-refractivity contribution is -0.132. The van der Waals surface area contributed by atoms with Crippen molar-refractivity contribution in [3.8, 4) is 0 Å². The van der Waals surface area contributed by atoms with Gasteiger partial charge in [-0.2, -0.15) is 12.6 Å². The minimum Gasteiger partial charge on any atom is -0.342 e. The Labute approximate surface area is 87.1 Å². The van der Waals surface area contributed by atoms with Gasteiger partial charge in [0.1, 0.15) is 0 Å². The monoisotopic (exact) mass is 203 g/mol. The van der Waals surface area contributed by atoms with Gasteiger partial charge < -0.3 is 4.90 Å². The van der Waals surface area contributed by atoms with Crippen LogP contribution in [0.5, 0.6) is 0 Å². The normalized spacial score (nSPS) is 21.8. The number of likely N-dealkylation sites (tertiary alicyclic amines) is 1. The molecule has 0 spiro atoms. The molecular formula is C10H21NOS. The number of carbonyl (C=O) groups excluding carboxylic acids is 1. The summed E-state index contributed by atoms with van der Waals surface area (Å²) in [5, 5.41) is 0. The van der Waals surface area contributed by atoms with Crippen molar-refractivity contribution in [3.05, 3.63) is 0 Å².